The molecule has 2 N–H and O–H groups in total. The zero-order valence-corrected chi connectivity index (χ0v) is 17.1. The molecule has 152 valence electrons. The Morgan fingerprint density at radius 3 is 2.67 bits per heavy atom. The van der Waals surface area contributed by atoms with Gasteiger partial charge in [0, 0.05) is 21.7 Å². The van der Waals surface area contributed by atoms with Gasteiger partial charge >= 0.3 is 0 Å². The largest absolute Gasteiger partial charge is 0.441 e. The summed E-state index contributed by atoms with van der Waals surface area (Å²) in [6, 6.07) is 12.5. The minimum absolute atomic E-state index is 0.00590. The molecule has 2 amide bonds. The quantitative estimate of drug-likeness (QED) is 0.605. The van der Waals surface area contributed by atoms with Gasteiger partial charge in [0.2, 0.25) is 5.91 Å². The van der Waals surface area contributed by atoms with Crippen LogP contribution in [-0.2, 0) is 11.2 Å². The van der Waals surface area contributed by atoms with E-state index in [4.69, 9.17) is 27.6 Å². The molecule has 0 saturated heterocycles. The molecule has 1 saturated carbocycles. The number of oxazole rings is 1. The Hall–Kier alpha value is -3.08. The molecular weight excluding hydrogens is 427 g/mol. The van der Waals surface area contributed by atoms with Gasteiger partial charge in [0.25, 0.3) is 5.91 Å². The van der Waals surface area contributed by atoms with E-state index in [1.54, 1.807) is 36.4 Å². The molecule has 0 radical (unpaired) electrons. The third-order valence-electron chi connectivity index (χ3n) is 4.81. The highest BCUT2D eigenvalue weighted by atomic mass is 35.5. The van der Waals surface area contributed by atoms with Crippen LogP contribution in [0.2, 0.25) is 10.0 Å². The van der Waals surface area contributed by atoms with Crippen LogP contribution < -0.4 is 10.6 Å². The number of carbonyl (C=O) groups is 2. The van der Waals surface area contributed by atoms with Crippen LogP contribution in [0.1, 0.15) is 29.1 Å². The molecule has 1 atom stereocenters. The summed E-state index contributed by atoms with van der Waals surface area (Å²) in [6.45, 7) is 0. The molecule has 1 aliphatic rings. The summed E-state index contributed by atoms with van der Waals surface area (Å²) in [5, 5.41) is 15.6. The SMILES string of the molecule is N#CC1(NC(=O)C(Cc2nc3ccc(Cl)cc3o2)NC(=O)c2cccc(Cl)c2)CC1. The lowest BCUT2D eigenvalue weighted by Gasteiger charge is -2.19. The molecular formula is C21H16Cl2N4O3. The van der Waals surface area contributed by atoms with Crippen molar-refractivity contribution in [3.8, 4) is 6.07 Å². The first kappa shape index (κ1) is 20.2. The maximum atomic E-state index is 12.9. The number of amides is 2. The van der Waals surface area contributed by atoms with Crippen molar-refractivity contribution in [2.75, 3.05) is 0 Å². The number of rotatable bonds is 6. The number of aromatic nitrogens is 1. The predicted molar refractivity (Wildman–Crippen MR) is 111 cm³/mol. The van der Waals surface area contributed by atoms with Gasteiger partial charge in [-0.1, -0.05) is 29.3 Å². The van der Waals surface area contributed by atoms with E-state index in [9.17, 15) is 14.9 Å². The summed E-state index contributed by atoms with van der Waals surface area (Å²) < 4.78 is 5.70. The Balaban J connectivity index is 1.58. The van der Waals surface area contributed by atoms with Crippen molar-refractivity contribution < 1.29 is 14.0 Å². The number of hydrogen-bond acceptors (Lipinski definition) is 5. The van der Waals surface area contributed by atoms with Gasteiger partial charge in [-0.15, -0.1) is 0 Å². The monoisotopic (exact) mass is 442 g/mol. The average molecular weight is 443 g/mol. The fraction of sp³-hybridized carbons (Fsp3) is 0.238. The summed E-state index contributed by atoms with van der Waals surface area (Å²) in [7, 11) is 0. The van der Waals surface area contributed by atoms with Gasteiger partial charge in [-0.25, -0.2) is 4.98 Å². The first-order chi connectivity index (χ1) is 14.4. The number of nitrogens with zero attached hydrogens (tertiary/aromatic N) is 2. The van der Waals surface area contributed by atoms with E-state index in [0.717, 1.165) is 0 Å². The highest BCUT2D eigenvalue weighted by Crippen LogP contribution is 2.34. The van der Waals surface area contributed by atoms with Gasteiger partial charge in [-0.3, -0.25) is 9.59 Å². The molecule has 1 unspecified atom stereocenters. The highest BCUT2D eigenvalue weighted by Gasteiger charge is 2.45. The Bertz CT molecular complexity index is 1180. The van der Waals surface area contributed by atoms with Crippen LogP contribution in [0.5, 0.6) is 0 Å². The second kappa shape index (κ2) is 7.98. The zero-order chi connectivity index (χ0) is 21.3. The highest BCUT2D eigenvalue weighted by molar-refractivity contribution is 6.31. The third-order valence-corrected chi connectivity index (χ3v) is 5.28. The number of fused-ring (bicyclic) bond motifs is 1. The normalized spacial score (nSPS) is 15.2. The van der Waals surface area contributed by atoms with E-state index in [-0.39, 0.29) is 12.3 Å². The smallest absolute Gasteiger partial charge is 0.251 e. The molecule has 1 heterocycles. The molecule has 1 fully saturated rings. The molecule has 0 bridgehead atoms. The second-order valence-corrected chi connectivity index (χ2v) is 8.02. The van der Waals surface area contributed by atoms with Crippen molar-refractivity contribution in [2.24, 2.45) is 0 Å². The van der Waals surface area contributed by atoms with Crippen LogP contribution in [-0.4, -0.2) is 28.4 Å². The van der Waals surface area contributed by atoms with E-state index in [1.165, 1.54) is 6.07 Å². The number of benzene rings is 2. The fourth-order valence-electron chi connectivity index (χ4n) is 3.00. The lowest BCUT2D eigenvalue weighted by molar-refractivity contribution is -0.123. The number of hydrogen-bond donors (Lipinski definition) is 2. The van der Waals surface area contributed by atoms with E-state index < -0.39 is 23.4 Å². The molecule has 1 aliphatic carbocycles. The number of halogens is 2. The van der Waals surface area contributed by atoms with E-state index in [0.29, 0.717) is 39.6 Å². The summed E-state index contributed by atoms with van der Waals surface area (Å²) in [4.78, 5) is 29.9. The van der Waals surface area contributed by atoms with Gasteiger partial charge in [-0.05, 0) is 43.2 Å². The maximum Gasteiger partial charge on any atom is 0.251 e. The van der Waals surface area contributed by atoms with Gasteiger partial charge < -0.3 is 15.1 Å². The standard InChI is InChI=1S/C21H16Cl2N4O3/c22-13-3-1-2-12(8-13)19(28)26-16(20(29)27-21(11-24)6-7-21)10-18-25-15-5-4-14(23)9-17(15)30-18/h1-5,8-9,16H,6-7,10H2,(H,26,28)(H,27,29). The van der Waals surface area contributed by atoms with Crippen molar-refractivity contribution in [1.82, 2.24) is 15.6 Å². The molecule has 30 heavy (non-hydrogen) atoms. The molecule has 3 aromatic rings. The number of nitrogens with one attached hydrogen (secondary N) is 2. The van der Waals surface area contributed by atoms with E-state index >= 15 is 0 Å². The zero-order valence-electron chi connectivity index (χ0n) is 15.6. The number of nitriles is 1. The van der Waals surface area contributed by atoms with Crippen molar-refractivity contribution in [3.63, 3.8) is 0 Å². The van der Waals surface area contributed by atoms with Crippen molar-refractivity contribution >= 4 is 46.1 Å². The minimum Gasteiger partial charge on any atom is -0.441 e. The summed E-state index contributed by atoms with van der Waals surface area (Å²) in [5.41, 5.74) is 0.510. The van der Waals surface area contributed by atoms with E-state index in [1.807, 2.05) is 0 Å². The van der Waals surface area contributed by atoms with Crippen LogP contribution in [0.3, 0.4) is 0 Å². The van der Waals surface area contributed by atoms with Crippen LogP contribution >= 0.6 is 23.2 Å². The van der Waals surface area contributed by atoms with Crippen LogP contribution in [0.15, 0.2) is 46.9 Å². The molecule has 2 aromatic carbocycles. The van der Waals surface area contributed by atoms with Gasteiger partial charge in [-0.2, -0.15) is 5.26 Å². The maximum absolute atomic E-state index is 12.9. The van der Waals surface area contributed by atoms with Crippen LogP contribution in [0, 0.1) is 11.3 Å². The lowest BCUT2D eigenvalue weighted by atomic mass is 10.1. The number of carbonyl (C=O) groups excluding carboxylic acids is 2. The molecule has 0 spiro atoms. The van der Waals surface area contributed by atoms with Crippen LogP contribution in [0.25, 0.3) is 11.1 Å². The first-order valence-electron chi connectivity index (χ1n) is 9.22. The minimum atomic E-state index is -0.995. The van der Waals surface area contributed by atoms with Gasteiger partial charge in [0.15, 0.2) is 11.5 Å². The third kappa shape index (κ3) is 4.40. The molecule has 9 heteroatoms. The van der Waals surface area contributed by atoms with Gasteiger partial charge in [0.05, 0.1) is 12.5 Å². The second-order valence-electron chi connectivity index (χ2n) is 7.14. The summed E-state index contributed by atoms with van der Waals surface area (Å²) in [6.07, 6.45) is 1.16. The van der Waals surface area contributed by atoms with Crippen molar-refractivity contribution in [1.29, 1.82) is 5.26 Å². The Kier molecular flexibility index (Phi) is 5.37. The van der Waals surface area contributed by atoms with Crippen molar-refractivity contribution in [3.05, 3.63) is 64.0 Å². The summed E-state index contributed by atoms with van der Waals surface area (Å²) in [5.74, 6) is -0.691. The molecule has 4 rings (SSSR count). The molecule has 0 aliphatic heterocycles. The topological polar surface area (TPSA) is 108 Å². The van der Waals surface area contributed by atoms with E-state index in [2.05, 4.69) is 21.7 Å². The summed E-state index contributed by atoms with van der Waals surface area (Å²) >= 11 is 11.9. The first-order valence-corrected chi connectivity index (χ1v) is 9.98. The molecule has 7 nitrogen and oxygen atoms in total. The Morgan fingerprint density at radius 1 is 1.20 bits per heavy atom. The van der Waals surface area contributed by atoms with Crippen molar-refractivity contribution in [2.45, 2.75) is 30.8 Å². The predicted octanol–water partition coefficient (Wildman–Crippen LogP) is 3.65. The van der Waals surface area contributed by atoms with Crippen LogP contribution in [0.4, 0.5) is 0 Å². The molecule has 1 aromatic heterocycles. The Labute approximate surface area is 182 Å². The lowest BCUT2D eigenvalue weighted by Crippen LogP contribution is -2.51. The Morgan fingerprint density at radius 2 is 1.97 bits per heavy atom. The van der Waals surface area contributed by atoms with Gasteiger partial charge in [0.1, 0.15) is 17.1 Å². The fourth-order valence-corrected chi connectivity index (χ4v) is 3.35. The average Bonchev–Trinajstić information content (AvgIpc) is 3.38.